The molecular formula is C22H20ClN3O5S. The number of anilines is 1. The van der Waals surface area contributed by atoms with Crippen molar-refractivity contribution in [2.24, 2.45) is 5.10 Å². The lowest BCUT2D eigenvalue weighted by Crippen LogP contribution is -2.20. The van der Waals surface area contributed by atoms with Crippen molar-refractivity contribution in [2.75, 3.05) is 11.8 Å². The molecule has 1 amide bonds. The van der Waals surface area contributed by atoms with Crippen molar-refractivity contribution in [3.8, 4) is 11.5 Å². The number of hydrazone groups is 1. The van der Waals surface area contributed by atoms with Gasteiger partial charge in [0, 0.05) is 22.2 Å². The third-order valence-electron chi connectivity index (χ3n) is 4.40. The van der Waals surface area contributed by atoms with Gasteiger partial charge in [0.1, 0.15) is 11.5 Å². The fourth-order valence-electron chi connectivity index (χ4n) is 2.77. The van der Waals surface area contributed by atoms with Crippen LogP contribution in [0.25, 0.3) is 0 Å². The fourth-order valence-corrected chi connectivity index (χ4v) is 4.06. The maximum absolute atomic E-state index is 12.7. The molecule has 0 atom stereocenters. The average Bonchev–Trinajstić information content (AvgIpc) is 2.77. The first-order valence-electron chi connectivity index (χ1n) is 9.30. The minimum absolute atomic E-state index is 0.0555. The molecule has 0 spiro atoms. The number of phenols is 1. The second kappa shape index (κ2) is 9.71. The van der Waals surface area contributed by atoms with E-state index in [9.17, 15) is 18.3 Å². The van der Waals surface area contributed by atoms with E-state index in [-0.39, 0.29) is 16.2 Å². The summed E-state index contributed by atoms with van der Waals surface area (Å²) in [5.41, 5.74) is 3.52. The molecule has 0 unspecified atom stereocenters. The summed E-state index contributed by atoms with van der Waals surface area (Å²) in [4.78, 5) is 12.4. The molecule has 3 N–H and O–H groups in total. The Bertz CT molecular complexity index is 1290. The van der Waals surface area contributed by atoms with Gasteiger partial charge in [-0.3, -0.25) is 9.52 Å². The summed E-state index contributed by atoms with van der Waals surface area (Å²) in [5.74, 6) is -0.190. The van der Waals surface area contributed by atoms with Crippen molar-refractivity contribution in [2.45, 2.75) is 11.8 Å². The Morgan fingerprint density at radius 1 is 1.06 bits per heavy atom. The number of hydrogen-bond acceptors (Lipinski definition) is 6. The van der Waals surface area contributed by atoms with Gasteiger partial charge >= 0.3 is 0 Å². The van der Waals surface area contributed by atoms with Crippen LogP contribution in [0.4, 0.5) is 5.69 Å². The van der Waals surface area contributed by atoms with Crippen LogP contribution in [-0.4, -0.2) is 32.3 Å². The first-order valence-corrected chi connectivity index (χ1v) is 11.2. The van der Waals surface area contributed by atoms with Gasteiger partial charge in [-0.1, -0.05) is 23.7 Å². The zero-order chi connectivity index (χ0) is 23.3. The van der Waals surface area contributed by atoms with Crippen molar-refractivity contribution in [3.63, 3.8) is 0 Å². The normalized spacial score (nSPS) is 11.7. The Balaban J connectivity index is 1.77. The molecule has 0 heterocycles. The second-order valence-corrected chi connectivity index (χ2v) is 8.78. The van der Waals surface area contributed by atoms with Crippen LogP contribution in [0, 0.1) is 0 Å². The van der Waals surface area contributed by atoms with Gasteiger partial charge in [0.25, 0.3) is 15.9 Å². The molecule has 8 nitrogen and oxygen atoms in total. The number of rotatable bonds is 7. The number of nitrogens with one attached hydrogen (secondary N) is 2. The molecule has 0 saturated carbocycles. The van der Waals surface area contributed by atoms with Gasteiger partial charge in [0.05, 0.1) is 23.4 Å². The monoisotopic (exact) mass is 473 g/mol. The molecular weight excluding hydrogens is 454 g/mol. The molecule has 0 aliphatic carbocycles. The Kier molecular flexibility index (Phi) is 7.01. The average molecular weight is 474 g/mol. The smallest absolute Gasteiger partial charge is 0.271 e. The fraction of sp³-hybridized carbons (Fsp3) is 0.0909. The van der Waals surface area contributed by atoms with Crippen molar-refractivity contribution in [3.05, 3.63) is 82.9 Å². The number of carbonyl (C=O) groups excluding carboxylic acids is 1. The van der Waals surface area contributed by atoms with Crippen molar-refractivity contribution >= 4 is 38.9 Å². The number of aromatic hydroxyl groups is 1. The van der Waals surface area contributed by atoms with Crippen LogP contribution in [0.2, 0.25) is 5.02 Å². The lowest BCUT2D eigenvalue weighted by atomic mass is 10.1. The molecule has 0 aromatic heterocycles. The van der Waals surface area contributed by atoms with E-state index in [1.54, 1.807) is 37.3 Å². The molecule has 10 heteroatoms. The van der Waals surface area contributed by atoms with Crippen molar-refractivity contribution in [1.29, 1.82) is 0 Å². The molecule has 166 valence electrons. The van der Waals surface area contributed by atoms with E-state index < -0.39 is 15.9 Å². The second-order valence-electron chi connectivity index (χ2n) is 6.66. The van der Waals surface area contributed by atoms with E-state index in [4.69, 9.17) is 16.3 Å². The maximum Gasteiger partial charge on any atom is 0.271 e. The van der Waals surface area contributed by atoms with Crippen LogP contribution in [0.1, 0.15) is 22.8 Å². The molecule has 0 saturated heterocycles. The number of methoxy groups -OCH3 is 1. The molecule has 3 rings (SSSR count). The summed E-state index contributed by atoms with van der Waals surface area (Å²) in [5, 5.41) is 14.5. The first-order chi connectivity index (χ1) is 15.2. The Labute approximate surface area is 190 Å². The molecule has 3 aromatic rings. The number of sulfonamides is 1. The highest BCUT2D eigenvalue weighted by Gasteiger charge is 2.17. The van der Waals surface area contributed by atoms with E-state index in [2.05, 4.69) is 15.2 Å². The highest BCUT2D eigenvalue weighted by molar-refractivity contribution is 7.92. The van der Waals surface area contributed by atoms with Gasteiger partial charge in [-0.2, -0.15) is 5.10 Å². The van der Waals surface area contributed by atoms with Crippen LogP contribution in [0.3, 0.4) is 0 Å². The van der Waals surface area contributed by atoms with Crippen LogP contribution >= 0.6 is 11.6 Å². The number of halogens is 1. The van der Waals surface area contributed by atoms with Crippen LogP contribution in [0.15, 0.2) is 76.7 Å². The Hall–Kier alpha value is -3.56. The molecule has 3 aromatic carbocycles. The van der Waals surface area contributed by atoms with E-state index >= 15 is 0 Å². The number of benzene rings is 3. The topological polar surface area (TPSA) is 117 Å². The number of phenolic OH excluding ortho intramolecular Hbond substituents is 1. The highest BCUT2D eigenvalue weighted by Crippen LogP contribution is 2.24. The SMILES string of the molecule is COc1ccc(/C(C)=N/NC(=O)c2cccc(S(=O)(=O)Nc3cccc(Cl)c3)c2)c(O)c1. The Morgan fingerprint density at radius 3 is 2.50 bits per heavy atom. The van der Waals surface area contributed by atoms with E-state index in [1.165, 1.54) is 43.5 Å². The minimum Gasteiger partial charge on any atom is -0.507 e. The summed E-state index contributed by atoms with van der Waals surface area (Å²) in [6, 6.07) is 16.5. The van der Waals surface area contributed by atoms with Gasteiger partial charge in [0.2, 0.25) is 0 Å². The number of hydrogen-bond donors (Lipinski definition) is 3. The minimum atomic E-state index is -3.94. The van der Waals surface area contributed by atoms with E-state index in [0.29, 0.717) is 27.7 Å². The molecule has 0 fully saturated rings. The zero-order valence-corrected chi connectivity index (χ0v) is 18.7. The number of amides is 1. The highest BCUT2D eigenvalue weighted by atomic mass is 35.5. The maximum atomic E-state index is 12.7. The van der Waals surface area contributed by atoms with Gasteiger partial charge in [-0.25, -0.2) is 13.8 Å². The largest absolute Gasteiger partial charge is 0.507 e. The third-order valence-corrected chi connectivity index (χ3v) is 6.02. The predicted octanol–water partition coefficient (Wildman–Crippen LogP) is 4.01. The van der Waals surface area contributed by atoms with E-state index in [0.717, 1.165) is 0 Å². The lowest BCUT2D eigenvalue weighted by molar-refractivity contribution is 0.0954. The summed E-state index contributed by atoms with van der Waals surface area (Å²) in [7, 11) is -2.46. The summed E-state index contributed by atoms with van der Waals surface area (Å²) >= 11 is 5.89. The van der Waals surface area contributed by atoms with Crippen LogP contribution in [-0.2, 0) is 10.0 Å². The number of nitrogens with zero attached hydrogens (tertiary/aromatic N) is 1. The summed E-state index contributed by atoms with van der Waals surface area (Å²) in [6.45, 7) is 1.61. The van der Waals surface area contributed by atoms with Gasteiger partial charge in [-0.05, 0) is 55.5 Å². The van der Waals surface area contributed by atoms with Crippen molar-refractivity contribution < 1.29 is 23.1 Å². The Morgan fingerprint density at radius 2 is 1.81 bits per heavy atom. The quantitative estimate of drug-likeness (QED) is 0.354. The first kappa shape index (κ1) is 23.1. The summed E-state index contributed by atoms with van der Waals surface area (Å²) in [6.07, 6.45) is 0. The zero-order valence-electron chi connectivity index (χ0n) is 17.2. The van der Waals surface area contributed by atoms with E-state index in [1.807, 2.05) is 0 Å². The standard InChI is InChI=1S/C22H20ClN3O5S/c1-14(20-10-9-18(31-2)13-21(20)27)24-25-22(28)15-5-3-8-19(11-15)32(29,30)26-17-7-4-6-16(23)12-17/h3-13,26-27H,1-2H3,(H,25,28)/b24-14+. The predicted molar refractivity (Wildman–Crippen MR) is 123 cm³/mol. The number of ether oxygens (including phenoxy) is 1. The number of carbonyl (C=O) groups is 1. The third kappa shape index (κ3) is 5.57. The molecule has 0 radical (unpaired) electrons. The van der Waals surface area contributed by atoms with Crippen molar-refractivity contribution in [1.82, 2.24) is 5.43 Å². The van der Waals surface area contributed by atoms with Crippen LogP contribution < -0.4 is 14.9 Å². The molecule has 0 bridgehead atoms. The molecule has 0 aliphatic heterocycles. The van der Waals surface area contributed by atoms with Gasteiger partial charge in [-0.15, -0.1) is 0 Å². The van der Waals surface area contributed by atoms with Gasteiger partial charge < -0.3 is 9.84 Å². The van der Waals surface area contributed by atoms with Crippen LogP contribution in [0.5, 0.6) is 11.5 Å². The van der Waals surface area contributed by atoms with Gasteiger partial charge in [0.15, 0.2) is 0 Å². The lowest BCUT2D eigenvalue weighted by Gasteiger charge is -2.10. The molecule has 0 aliphatic rings. The summed E-state index contributed by atoms with van der Waals surface area (Å²) < 4.78 is 32.8. The molecule has 32 heavy (non-hydrogen) atoms.